The van der Waals surface area contributed by atoms with Crippen molar-refractivity contribution in [1.29, 1.82) is 0 Å². The molecule has 0 unspecified atom stereocenters. The SMILES string of the molecule is Cc1sc(-c2cnn(C)c2)nc1-c1ccc(Br)cc1. The van der Waals surface area contributed by atoms with Crippen molar-refractivity contribution in [2.45, 2.75) is 6.92 Å². The maximum atomic E-state index is 4.74. The van der Waals surface area contributed by atoms with Crippen LogP contribution < -0.4 is 0 Å². The van der Waals surface area contributed by atoms with Crippen LogP contribution in [0.1, 0.15) is 4.88 Å². The molecule has 0 spiro atoms. The normalized spacial score (nSPS) is 10.9. The number of aryl methyl sites for hydroxylation is 2. The Morgan fingerprint density at radius 3 is 2.53 bits per heavy atom. The summed E-state index contributed by atoms with van der Waals surface area (Å²) >= 11 is 5.16. The molecule has 0 bridgehead atoms. The highest BCUT2D eigenvalue weighted by Gasteiger charge is 2.12. The maximum absolute atomic E-state index is 4.74. The fraction of sp³-hybridized carbons (Fsp3) is 0.143. The standard InChI is InChI=1S/C14H12BrN3S/c1-9-13(10-3-5-12(15)6-4-10)17-14(19-9)11-7-16-18(2)8-11/h3-8H,1-2H3. The monoisotopic (exact) mass is 333 g/mol. The lowest BCUT2D eigenvalue weighted by molar-refractivity contribution is 0.768. The summed E-state index contributed by atoms with van der Waals surface area (Å²) in [6, 6.07) is 8.24. The molecule has 3 aromatic rings. The molecule has 0 fully saturated rings. The van der Waals surface area contributed by atoms with Gasteiger partial charge in [0.1, 0.15) is 5.01 Å². The molecule has 0 amide bonds. The molecule has 0 atom stereocenters. The van der Waals surface area contributed by atoms with Crippen LogP contribution >= 0.6 is 27.3 Å². The van der Waals surface area contributed by atoms with Crippen LogP contribution in [0, 0.1) is 6.92 Å². The van der Waals surface area contributed by atoms with Gasteiger partial charge in [-0.25, -0.2) is 4.98 Å². The van der Waals surface area contributed by atoms with Gasteiger partial charge in [-0.15, -0.1) is 11.3 Å². The molecule has 0 N–H and O–H groups in total. The van der Waals surface area contributed by atoms with E-state index in [1.807, 2.05) is 31.6 Å². The molecule has 3 nitrogen and oxygen atoms in total. The third-order valence-corrected chi connectivity index (χ3v) is 4.41. The Hall–Kier alpha value is -1.46. The third kappa shape index (κ3) is 2.48. The van der Waals surface area contributed by atoms with E-state index in [1.54, 1.807) is 16.0 Å². The van der Waals surface area contributed by atoms with E-state index in [2.05, 4.69) is 40.1 Å². The molecule has 0 aliphatic carbocycles. The van der Waals surface area contributed by atoms with Gasteiger partial charge in [-0.2, -0.15) is 5.10 Å². The Labute approximate surface area is 124 Å². The number of aromatic nitrogens is 3. The van der Waals surface area contributed by atoms with Crippen LogP contribution in [0.3, 0.4) is 0 Å². The number of halogens is 1. The summed E-state index contributed by atoms with van der Waals surface area (Å²) in [6.45, 7) is 2.11. The number of benzene rings is 1. The smallest absolute Gasteiger partial charge is 0.127 e. The van der Waals surface area contributed by atoms with Crippen LogP contribution in [0.25, 0.3) is 21.8 Å². The number of hydrogen-bond acceptors (Lipinski definition) is 3. The van der Waals surface area contributed by atoms with Crippen molar-refractivity contribution in [2.24, 2.45) is 7.05 Å². The Bertz CT molecular complexity index is 713. The summed E-state index contributed by atoms with van der Waals surface area (Å²) in [6.07, 6.45) is 3.84. The van der Waals surface area contributed by atoms with Crippen molar-refractivity contribution >= 4 is 27.3 Å². The first-order valence-corrected chi connectivity index (χ1v) is 7.47. The number of nitrogens with zero attached hydrogens (tertiary/aromatic N) is 3. The van der Waals surface area contributed by atoms with E-state index in [0.717, 1.165) is 26.3 Å². The van der Waals surface area contributed by atoms with Crippen molar-refractivity contribution < 1.29 is 0 Å². The molecular formula is C14H12BrN3S. The summed E-state index contributed by atoms with van der Waals surface area (Å²) in [4.78, 5) is 5.97. The van der Waals surface area contributed by atoms with Gasteiger partial charge in [0.15, 0.2) is 0 Å². The van der Waals surface area contributed by atoms with Crippen molar-refractivity contribution in [3.05, 3.63) is 46.0 Å². The first kappa shape index (κ1) is 12.6. The largest absolute Gasteiger partial charge is 0.275 e. The fourth-order valence-corrected chi connectivity index (χ4v) is 3.10. The molecule has 0 aliphatic rings. The molecule has 0 aliphatic heterocycles. The quantitative estimate of drug-likeness (QED) is 0.700. The average molecular weight is 334 g/mol. The van der Waals surface area contributed by atoms with Gasteiger partial charge in [0.05, 0.1) is 11.9 Å². The molecule has 1 aromatic carbocycles. The molecule has 5 heteroatoms. The first-order chi connectivity index (χ1) is 9.13. The highest BCUT2D eigenvalue weighted by molar-refractivity contribution is 9.10. The predicted molar refractivity (Wildman–Crippen MR) is 82.2 cm³/mol. The highest BCUT2D eigenvalue weighted by atomic mass is 79.9. The van der Waals surface area contributed by atoms with Gasteiger partial charge in [-0.3, -0.25) is 4.68 Å². The minimum Gasteiger partial charge on any atom is -0.275 e. The maximum Gasteiger partial charge on any atom is 0.127 e. The molecule has 0 radical (unpaired) electrons. The molecular weight excluding hydrogens is 322 g/mol. The lowest BCUT2D eigenvalue weighted by Crippen LogP contribution is -1.84. The zero-order chi connectivity index (χ0) is 13.4. The second-order valence-corrected chi connectivity index (χ2v) is 6.45. The van der Waals surface area contributed by atoms with Gasteiger partial charge in [0.25, 0.3) is 0 Å². The molecule has 19 heavy (non-hydrogen) atoms. The Kier molecular flexibility index (Phi) is 3.24. The van der Waals surface area contributed by atoms with Gasteiger partial charge in [0.2, 0.25) is 0 Å². The second kappa shape index (κ2) is 4.90. The summed E-state index contributed by atoms with van der Waals surface area (Å²) in [5.41, 5.74) is 3.27. The number of rotatable bonds is 2. The van der Waals surface area contributed by atoms with Crippen molar-refractivity contribution in [1.82, 2.24) is 14.8 Å². The Morgan fingerprint density at radius 1 is 1.16 bits per heavy atom. The van der Waals surface area contributed by atoms with Crippen molar-refractivity contribution in [3.63, 3.8) is 0 Å². The second-order valence-electron chi connectivity index (χ2n) is 4.33. The third-order valence-electron chi connectivity index (χ3n) is 2.87. The van der Waals surface area contributed by atoms with Gasteiger partial charge >= 0.3 is 0 Å². The van der Waals surface area contributed by atoms with E-state index in [0.29, 0.717) is 0 Å². The first-order valence-electron chi connectivity index (χ1n) is 5.86. The average Bonchev–Trinajstić information content (AvgIpc) is 2.97. The van der Waals surface area contributed by atoms with E-state index in [4.69, 9.17) is 4.98 Å². The van der Waals surface area contributed by atoms with Crippen LogP contribution in [0.4, 0.5) is 0 Å². The van der Waals surface area contributed by atoms with Crippen LogP contribution in [0.2, 0.25) is 0 Å². The highest BCUT2D eigenvalue weighted by Crippen LogP contribution is 2.33. The molecule has 2 aromatic heterocycles. The zero-order valence-electron chi connectivity index (χ0n) is 10.6. The van der Waals surface area contributed by atoms with Crippen molar-refractivity contribution in [2.75, 3.05) is 0 Å². The van der Waals surface area contributed by atoms with Gasteiger partial charge < -0.3 is 0 Å². The van der Waals surface area contributed by atoms with Gasteiger partial charge in [-0.05, 0) is 19.1 Å². The van der Waals surface area contributed by atoms with Crippen LogP contribution in [0.15, 0.2) is 41.1 Å². The Balaban J connectivity index is 2.04. The molecule has 96 valence electrons. The predicted octanol–water partition coefficient (Wildman–Crippen LogP) is 4.28. The van der Waals surface area contributed by atoms with E-state index in [-0.39, 0.29) is 0 Å². The fourth-order valence-electron chi connectivity index (χ4n) is 1.93. The van der Waals surface area contributed by atoms with E-state index in [9.17, 15) is 0 Å². The topological polar surface area (TPSA) is 30.7 Å². The van der Waals surface area contributed by atoms with Crippen LogP contribution in [-0.2, 0) is 7.05 Å². The van der Waals surface area contributed by atoms with E-state index < -0.39 is 0 Å². The van der Waals surface area contributed by atoms with Crippen LogP contribution in [-0.4, -0.2) is 14.8 Å². The summed E-state index contributed by atoms with van der Waals surface area (Å²) < 4.78 is 2.88. The Morgan fingerprint density at radius 2 is 1.89 bits per heavy atom. The van der Waals surface area contributed by atoms with Gasteiger partial charge in [-0.1, -0.05) is 28.1 Å². The number of hydrogen-bond donors (Lipinski definition) is 0. The minimum absolute atomic E-state index is 1.02. The lowest BCUT2D eigenvalue weighted by atomic mass is 10.1. The van der Waals surface area contributed by atoms with Crippen LogP contribution in [0.5, 0.6) is 0 Å². The molecule has 2 heterocycles. The van der Waals surface area contributed by atoms with E-state index >= 15 is 0 Å². The lowest BCUT2D eigenvalue weighted by Gasteiger charge is -1.98. The molecule has 0 saturated heterocycles. The van der Waals surface area contributed by atoms with Crippen molar-refractivity contribution in [3.8, 4) is 21.8 Å². The summed E-state index contributed by atoms with van der Waals surface area (Å²) in [5, 5.41) is 5.21. The van der Waals surface area contributed by atoms with E-state index in [1.165, 1.54) is 4.88 Å². The summed E-state index contributed by atoms with van der Waals surface area (Å²) in [7, 11) is 1.92. The van der Waals surface area contributed by atoms with Gasteiger partial charge in [0, 0.05) is 33.7 Å². The molecule has 0 saturated carbocycles. The zero-order valence-corrected chi connectivity index (χ0v) is 13.0. The minimum atomic E-state index is 1.02. The summed E-state index contributed by atoms with van der Waals surface area (Å²) in [5.74, 6) is 0. The number of thiazole rings is 1. The molecule has 3 rings (SSSR count).